The number of nitrogens with two attached hydrogens (primary N) is 1. The number of carbonyl (C=O) groups is 1. The van der Waals surface area contributed by atoms with Crippen molar-refractivity contribution in [3.63, 3.8) is 0 Å². The van der Waals surface area contributed by atoms with E-state index in [1.165, 1.54) is 13.2 Å². The normalized spacial score (nSPS) is 10.9. The van der Waals surface area contributed by atoms with E-state index >= 15 is 0 Å². The van der Waals surface area contributed by atoms with E-state index in [9.17, 15) is 4.79 Å². The maximum Gasteiger partial charge on any atom is 0.332 e. The van der Waals surface area contributed by atoms with Crippen LogP contribution in [0.1, 0.15) is 6.92 Å². The molecule has 0 aromatic heterocycles. The number of hydrogen-bond donors (Lipinski definition) is 2. The number of esters is 1. The van der Waals surface area contributed by atoms with Gasteiger partial charge in [-0.2, -0.15) is 0 Å². The predicted molar refractivity (Wildman–Crippen MR) is 60.3 cm³/mol. The SMILES string of the molecule is COC(=O)C=C(C)Nc1ccccc1N. The fourth-order valence-corrected chi connectivity index (χ4v) is 1.10. The summed E-state index contributed by atoms with van der Waals surface area (Å²) in [4.78, 5) is 10.9. The van der Waals surface area contributed by atoms with Gasteiger partial charge in [0.1, 0.15) is 0 Å². The van der Waals surface area contributed by atoms with Gasteiger partial charge in [-0.3, -0.25) is 0 Å². The lowest BCUT2D eigenvalue weighted by atomic mass is 10.2. The van der Waals surface area contributed by atoms with Crippen molar-refractivity contribution in [3.8, 4) is 0 Å². The monoisotopic (exact) mass is 206 g/mol. The number of allylic oxidation sites excluding steroid dienone is 1. The minimum atomic E-state index is -0.394. The van der Waals surface area contributed by atoms with Gasteiger partial charge in [0, 0.05) is 11.8 Å². The van der Waals surface area contributed by atoms with Crippen LogP contribution in [0.3, 0.4) is 0 Å². The van der Waals surface area contributed by atoms with Crippen LogP contribution in [0.25, 0.3) is 0 Å². The molecule has 4 nitrogen and oxygen atoms in total. The molecule has 0 aliphatic heterocycles. The van der Waals surface area contributed by atoms with Crippen molar-refractivity contribution in [3.05, 3.63) is 36.0 Å². The highest BCUT2D eigenvalue weighted by atomic mass is 16.5. The Balaban J connectivity index is 2.74. The van der Waals surface area contributed by atoms with Crippen molar-refractivity contribution in [2.24, 2.45) is 0 Å². The first kappa shape index (κ1) is 11.1. The molecule has 0 saturated carbocycles. The van der Waals surface area contributed by atoms with Crippen molar-refractivity contribution in [1.82, 2.24) is 0 Å². The summed E-state index contributed by atoms with van der Waals surface area (Å²) in [5.41, 5.74) is 7.81. The van der Waals surface area contributed by atoms with Gasteiger partial charge in [0.05, 0.1) is 18.5 Å². The zero-order valence-electron chi connectivity index (χ0n) is 8.78. The van der Waals surface area contributed by atoms with E-state index in [4.69, 9.17) is 5.73 Å². The van der Waals surface area contributed by atoms with Gasteiger partial charge in [-0.25, -0.2) is 4.79 Å². The van der Waals surface area contributed by atoms with Gasteiger partial charge in [-0.1, -0.05) is 12.1 Å². The van der Waals surface area contributed by atoms with Crippen LogP contribution >= 0.6 is 0 Å². The summed E-state index contributed by atoms with van der Waals surface area (Å²) in [5, 5.41) is 3.01. The number of nitrogen functional groups attached to an aromatic ring is 1. The summed E-state index contributed by atoms with van der Waals surface area (Å²) in [7, 11) is 1.34. The van der Waals surface area contributed by atoms with Gasteiger partial charge in [0.15, 0.2) is 0 Å². The Hall–Kier alpha value is -1.97. The van der Waals surface area contributed by atoms with Crippen molar-refractivity contribution in [1.29, 1.82) is 0 Å². The molecule has 1 rings (SSSR count). The second kappa shape index (κ2) is 5.05. The van der Waals surface area contributed by atoms with Crippen molar-refractivity contribution in [2.45, 2.75) is 6.92 Å². The molecule has 0 atom stereocenters. The van der Waals surface area contributed by atoms with E-state index in [2.05, 4.69) is 10.1 Å². The molecule has 80 valence electrons. The van der Waals surface area contributed by atoms with Crippen LogP contribution in [0.4, 0.5) is 11.4 Å². The lowest BCUT2D eigenvalue weighted by Crippen LogP contribution is -2.03. The van der Waals surface area contributed by atoms with Gasteiger partial charge >= 0.3 is 5.97 Å². The Bertz CT molecular complexity index is 386. The third-order valence-electron chi connectivity index (χ3n) is 1.83. The first-order valence-electron chi connectivity index (χ1n) is 4.51. The van der Waals surface area contributed by atoms with Gasteiger partial charge in [0.2, 0.25) is 0 Å². The summed E-state index contributed by atoms with van der Waals surface area (Å²) in [5.74, 6) is -0.394. The number of benzene rings is 1. The second-order valence-electron chi connectivity index (χ2n) is 3.06. The second-order valence-corrected chi connectivity index (χ2v) is 3.06. The molecule has 15 heavy (non-hydrogen) atoms. The molecule has 0 heterocycles. The Morgan fingerprint density at radius 2 is 2.13 bits per heavy atom. The average Bonchev–Trinajstić information content (AvgIpc) is 2.21. The number of para-hydroxylation sites is 2. The van der Waals surface area contributed by atoms with Gasteiger partial charge in [-0.15, -0.1) is 0 Å². The van der Waals surface area contributed by atoms with E-state index in [0.717, 1.165) is 5.69 Å². The summed E-state index contributed by atoms with van der Waals surface area (Å²) < 4.78 is 4.50. The highest BCUT2D eigenvalue weighted by molar-refractivity contribution is 5.83. The molecule has 0 radical (unpaired) electrons. The third kappa shape index (κ3) is 3.34. The highest BCUT2D eigenvalue weighted by Crippen LogP contribution is 2.18. The minimum absolute atomic E-state index is 0.394. The molecule has 0 saturated heterocycles. The fraction of sp³-hybridized carbons (Fsp3) is 0.182. The van der Waals surface area contributed by atoms with E-state index < -0.39 is 5.97 Å². The third-order valence-corrected chi connectivity index (χ3v) is 1.83. The predicted octanol–water partition coefficient (Wildman–Crippen LogP) is 1.76. The van der Waals surface area contributed by atoms with Crippen LogP contribution < -0.4 is 11.1 Å². The number of anilines is 2. The van der Waals surface area contributed by atoms with E-state index in [0.29, 0.717) is 11.4 Å². The molecule has 0 bridgehead atoms. The van der Waals surface area contributed by atoms with Crippen molar-refractivity contribution >= 4 is 17.3 Å². The molecular weight excluding hydrogens is 192 g/mol. The molecule has 0 unspecified atom stereocenters. The van der Waals surface area contributed by atoms with E-state index in [1.807, 2.05) is 18.2 Å². The van der Waals surface area contributed by atoms with Gasteiger partial charge in [-0.05, 0) is 19.1 Å². The zero-order valence-corrected chi connectivity index (χ0v) is 8.78. The van der Waals surface area contributed by atoms with Crippen LogP contribution in [0.5, 0.6) is 0 Å². The molecule has 3 N–H and O–H groups in total. The zero-order chi connectivity index (χ0) is 11.3. The smallest absolute Gasteiger partial charge is 0.332 e. The standard InChI is InChI=1S/C11H14N2O2/c1-8(7-11(14)15-2)13-10-6-4-3-5-9(10)12/h3-7,13H,12H2,1-2H3. The van der Waals surface area contributed by atoms with Crippen LogP contribution in [0, 0.1) is 0 Å². The highest BCUT2D eigenvalue weighted by Gasteiger charge is 1.99. The Labute approximate surface area is 88.7 Å². The summed E-state index contributed by atoms with van der Waals surface area (Å²) in [6, 6.07) is 7.34. The minimum Gasteiger partial charge on any atom is -0.466 e. The number of carbonyl (C=O) groups excluding carboxylic acids is 1. The van der Waals surface area contributed by atoms with Gasteiger partial charge in [0.25, 0.3) is 0 Å². The number of methoxy groups -OCH3 is 1. The number of hydrogen-bond acceptors (Lipinski definition) is 4. The molecule has 1 aromatic carbocycles. The first-order chi connectivity index (χ1) is 7.13. The summed E-state index contributed by atoms with van der Waals surface area (Å²) >= 11 is 0. The molecule has 1 aromatic rings. The van der Waals surface area contributed by atoms with E-state index in [-0.39, 0.29) is 0 Å². The number of ether oxygens (including phenoxy) is 1. The largest absolute Gasteiger partial charge is 0.466 e. The summed E-state index contributed by atoms with van der Waals surface area (Å²) in [6.45, 7) is 1.77. The molecule has 0 fully saturated rings. The molecule has 0 spiro atoms. The van der Waals surface area contributed by atoms with Crippen LogP contribution in [0.2, 0.25) is 0 Å². The Morgan fingerprint density at radius 3 is 2.73 bits per heavy atom. The fourth-order valence-electron chi connectivity index (χ4n) is 1.10. The average molecular weight is 206 g/mol. The van der Waals surface area contributed by atoms with Crippen molar-refractivity contribution in [2.75, 3.05) is 18.2 Å². The topological polar surface area (TPSA) is 64.3 Å². The lowest BCUT2D eigenvalue weighted by molar-refractivity contribution is -0.134. The number of nitrogens with one attached hydrogen (secondary N) is 1. The van der Waals surface area contributed by atoms with Crippen LogP contribution in [-0.2, 0) is 9.53 Å². The molecule has 0 aliphatic rings. The van der Waals surface area contributed by atoms with E-state index in [1.54, 1.807) is 13.0 Å². The summed E-state index contributed by atoms with van der Waals surface area (Å²) in [6.07, 6.45) is 1.37. The molecule has 0 amide bonds. The van der Waals surface area contributed by atoms with Crippen LogP contribution in [0.15, 0.2) is 36.0 Å². The molecular formula is C11H14N2O2. The number of rotatable bonds is 3. The van der Waals surface area contributed by atoms with Crippen LogP contribution in [-0.4, -0.2) is 13.1 Å². The molecule has 0 aliphatic carbocycles. The van der Waals surface area contributed by atoms with Crippen molar-refractivity contribution < 1.29 is 9.53 Å². The van der Waals surface area contributed by atoms with Gasteiger partial charge < -0.3 is 15.8 Å². The lowest BCUT2D eigenvalue weighted by Gasteiger charge is -2.08. The maximum absolute atomic E-state index is 10.9. The first-order valence-corrected chi connectivity index (χ1v) is 4.51. The molecule has 4 heteroatoms. The Morgan fingerprint density at radius 1 is 1.47 bits per heavy atom. The maximum atomic E-state index is 10.9. The quantitative estimate of drug-likeness (QED) is 0.449. The Kier molecular flexibility index (Phi) is 3.74.